The molecule has 0 saturated heterocycles. The van der Waals surface area contributed by atoms with Crippen molar-refractivity contribution in [1.29, 1.82) is 0 Å². The van der Waals surface area contributed by atoms with E-state index in [1.165, 1.54) is 12.8 Å². The maximum Gasteiger partial charge on any atom is 0.136 e. The van der Waals surface area contributed by atoms with Crippen molar-refractivity contribution in [2.45, 2.75) is 64.9 Å². The van der Waals surface area contributed by atoms with Gasteiger partial charge in [-0.05, 0) is 40.0 Å². The van der Waals surface area contributed by atoms with Gasteiger partial charge in [-0.2, -0.15) is 0 Å². The highest BCUT2D eigenvalue weighted by Gasteiger charge is 2.21. The summed E-state index contributed by atoms with van der Waals surface area (Å²) < 4.78 is 5.59. The Hall–Kier alpha value is -0.370. The summed E-state index contributed by atoms with van der Waals surface area (Å²) in [7, 11) is 0. The van der Waals surface area contributed by atoms with Gasteiger partial charge in [0.1, 0.15) is 5.78 Å². The number of rotatable bonds is 5. The highest BCUT2D eigenvalue weighted by molar-refractivity contribution is 5.81. The zero-order valence-corrected chi connectivity index (χ0v) is 10.3. The Morgan fingerprint density at radius 1 is 1.27 bits per heavy atom. The molecule has 1 saturated carbocycles. The summed E-state index contributed by atoms with van der Waals surface area (Å²) in [6.07, 6.45) is 6.33. The summed E-state index contributed by atoms with van der Waals surface area (Å²) in [6, 6.07) is 0. The van der Waals surface area contributed by atoms with Crippen LogP contribution in [0.3, 0.4) is 0 Å². The number of ketones is 1. The van der Waals surface area contributed by atoms with E-state index in [4.69, 9.17) is 4.74 Å². The minimum Gasteiger partial charge on any atom is -0.376 e. The number of hydrogen-bond acceptors (Lipinski definition) is 2. The molecule has 0 aromatic carbocycles. The van der Waals surface area contributed by atoms with Gasteiger partial charge in [-0.15, -0.1) is 0 Å². The Labute approximate surface area is 93.4 Å². The second-order valence-corrected chi connectivity index (χ2v) is 5.51. The molecule has 0 radical (unpaired) electrons. The maximum absolute atomic E-state index is 11.7. The van der Waals surface area contributed by atoms with Gasteiger partial charge < -0.3 is 4.74 Å². The van der Waals surface area contributed by atoms with Crippen molar-refractivity contribution in [3.63, 3.8) is 0 Å². The van der Waals surface area contributed by atoms with Crippen LogP contribution < -0.4 is 0 Å². The standard InChI is InChI=1S/C13H24O2/c1-13(2,3)15-10-6-9-12(14)11-7-4-5-8-11/h11H,4-10H2,1-3H3. The fraction of sp³-hybridized carbons (Fsp3) is 0.923. The molecule has 1 aliphatic rings. The largest absolute Gasteiger partial charge is 0.376 e. The summed E-state index contributed by atoms with van der Waals surface area (Å²) in [5.74, 6) is 0.838. The highest BCUT2D eigenvalue weighted by atomic mass is 16.5. The Morgan fingerprint density at radius 3 is 2.40 bits per heavy atom. The van der Waals surface area contributed by atoms with Gasteiger partial charge in [-0.25, -0.2) is 0 Å². The van der Waals surface area contributed by atoms with E-state index < -0.39 is 0 Å². The van der Waals surface area contributed by atoms with Crippen molar-refractivity contribution in [2.24, 2.45) is 5.92 Å². The minimum atomic E-state index is -0.0730. The quantitative estimate of drug-likeness (QED) is 0.653. The molecule has 0 amide bonds. The van der Waals surface area contributed by atoms with E-state index in [2.05, 4.69) is 0 Å². The summed E-state index contributed by atoms with van der Waals surface area (Å²) in [5.41, 5.74) is -0.0730. The van der Waals surface area contributed by atoms with Gasteiger partial charge in [0, 0.05) is 18.9 Å². The molecular formula is C13H24O2. The molecule has 15 heavy (non-hydrogen) atoms. The van der Waals surface area contributed by atoms with Crippen LogP contribution in [0.15, 0.2) is 0 Å². The molecule has 0 N–H and O–H groups in total. The van der Waals surface area contributed by atoms with Gasteiger partial charge in [0.2, 0.25) is 0 Å². The predicted octanol–water partition coefficient (Wildman–Crippen LogP) is 3.34. The molecule has 2 heteroatoms. The van der Waals surface area contributed by atoms with Crippen LogP contribution in [0.25, 0.3) is 0 Å². The summed E-state index contributed by atoms with van der Waals surface area (Å²) in [5, 5.41) is 0. The van der Waals surface area contributed by atoms with Gasteiger partial charge in [0.05, 0.1) is 5.60 Å². The summed E-state index contributed by atoms with van der Waals surface area (Å²) in [4.78, 5) is 11.7. The Kier molecular flexibility index (Phi) is 4.78. The Morgan fingerprint density at radius 2 is 1.87 bits per heavy atom. The van der Waals surface area contributed by atoms with Gasteiger partial charge in [-0.1, -0.05) is 12.8 Å². The molecule has 1 aliphatic carbocycles. The summed E-state index contributed by atoms with van der Waals surface area (Å²) >= 11 is 0. The van der Waals surface area contributed by atoms with Crippen molar-refractivity contribution >= 4 is 5.78 Å². The lowest BCUT2D eigenvalue weighted by Crippen LogP contribution is -2.20. The molecular weight excluding hydrogens is 188 g/mol. The molecule has 0 atom stereocenters. The SMILES string of the molecule is CC(C)(C)OCCCC(=O)C1CCCC1. The first-order valence-corrected chi connectivity index (χ1v) is 6.16. The third kappa shape index (κ3) is 5.31. The zero-order valence-electron chi connectivity index (χ0n) is 10.3. The predicted molar refractivity (Wildman–Crippen MR) is 61.9 cm³/mol. The van der Waals surface area contributed by atoms with Crippen molar-refractivity contribution in [3.05, 3.63) is 0 Å². The molecule has 88 valence electrons. The van der Waals surface area contributed by atoms with Gasteiger partial charge in [0.15, 0.2) is 0 Å². The van der Waals surface area contributed by atoms with Crippen molar-refractivity contribution < 1.29 is 9.53 Å². The van der Waals surface area contributed by atoms with Crippen LogP contribution in [0.5, 0.6) is 0 Å². The van der Waals surface area contributed by atoms with E-state index in [1.807, 2.05) is 20.8 Å². The molecule has 2 nitrogen and oxygen atoms in total. The first kappa shape index (κ1) is 12.7. The first-order valence-electron chi connectivity index (χ1n) is 6.16. The molecule has 0 aromatic rings. The van der Waals surface area contributed by atoms with E-state index >= 15 is 0 Å². The molecule has 0 bridgehead atoms. The number of hydrogen-bond donors (Lipinski definition) is 0. The average molecular weight is 212 g/mol. The zero-order chi connectivity index (χ0) is 11.3. The number of carbonyl (C=O) groups is 1. The minimum absolute atomic E-state index is 0.0730. The lowest BCUT2D eigenvalue weighted by molar-refractivity contribution is -0.123. The smallest absolute Gasteiger partial charge is 0.136 e. The van der Waals surface area contributed by atoms with Gasteiger partial charge in [0.25, 0.3) is 0 Å². The highest BCUT2D eigenvalue weighted by Crippen LogP contribution is 2.26. The molecule has 0 heterocycles. The molecule has 1 fully saturated rings. The third-order valence-electron chi connectivity index (χ3n) is 2.91. The molecule has 0 aliphatic heterocycles. The van der Waals surface area contributed by atoms with Crippen LogP contribution in [0, 0.1) is 5.92 Å². The monoisotopic (exact) mass is 212 g/mol. The average Bonchev–Trinajstić information content (AvgIpc) is 2.63. The van der Waals surface area contributed by atoms with Crippen molar-refractivity contribution in [3.8, 4) is 0 Å². The summed E-state index contributed by atoms with van der Waals surface area (Å²) in [6.45, 7) is 6.85. The normalized spacial score (nSPS) is 18.3. The number of carbonyl (C=O) groups excluding carboxylic acids is 1. The second kappa shape index (κ2) is 5.64. The van der Waals surface area contributed by atoms with Gasteiger partial charge in [-0.3, -0.25) is 4.79 Å². The topological polar surface area (TPSA) is 26.3 Å². The van der Waals surface area contributed by atoms with E-state index in [0.29, 0.717) is 24.7 Å². The van der Waals surface area contributed by atoms with Crippen LogP contribution >= 0.6 is 0 Å². The van der Waals surface area contributed by atoms with Crippen LogP contribution in [0.2, 0.25) is 0 Å². The van der Waals surface area contributed by atoms with Crippen LogP contribution in [0.4, 0.5) is 0 Å². The first-order chi connectivity index (χ1) is 6.99. The van der Waals surface area contributed by atoms with E-state index in [1.54, 1.807) is 0 Å². The van der Waals surface area contributed by atoms with E-state index in [-0.39, 0.29) is 5.60 Å². The molecule has 0 spiro atoms. The molecule has 0 unspecified atom stereocenters. The lowest BCUT2D eigenvalue weighted by Gasteiger charge is -2.19. The van der Waals surface area contributed by atoms with E-state index in [0.717, 1.165) is 19.3 Å². The molecule has 0 aromatic heterocycles. The van der Waals surface area contributed by atoms with Crippen LogP contribution in [-0.2, 0) is 9.53 Å². The van der Waals surface area contributed by atoms with Crippen molar-refractivity contribution in [1.82, 2.24) is 0 Å². The van der Waals surface area contributed by atoms with E-state index in [9.17, 15) is 4.79 Å². The lowest BCUT2D eigenvalue weighted by atomic mass is 9.99. The van der Waals surface area contributed by atoms with Crippen molar-refractivity contribution in [2.75, 3.05) is 6.61 Å². The fourth-order valence-electron chi connectivity index (χ4n) is 2.08. The second-order valence-electron chi connectivity index (χ2n) is 5.51. The number of ether oxygens (including phenoxy) is 1. The fourth-order valence-corrected chi connectivity index (χ4v) is 2.08. The third-order valence-corrected chi connectivity index (χ3v) is 2.91. The Bertz CT molecular complexity index is 197. The van der Waals surface area contributed by atoms with Gasteiger partial charge >= 0.3 is 0 Å². The number of Topliss-reactive ketones (excluding diaryl/α,β-unsaturated/α-hetero) is 1. The maximum atomic E-state index is 11.7. The molecule has 1 rings (SSSR count). The Balaban J connectivity index is 2.07. The van der Waals surface area contributed by atoms with Crippen LogP contribution in [-0.4, -0.2) is 18.0 Å². The van der Waals surface area contributed by atoms with Crippen LogP contribution in [0.1, 0.15) is 59.3 Å².